The van der Waals surface area contributed by atoms with Crippen LogP contribution in [0.15, 0.2) is 235 Å². The molecule has 0 spiro atoms. The largest absolute Gasteiger partial charge is 0.453 e. The van der Waals surface area contributed by atoms with Gasteiger partial charge in [0.2, 0.25) is 0 Å². The molecule has 0 unspecified atom stereocenters. The molecule has 11 aromatic rings. The lowest BCUT2D eigenvalue weighted by molar-refractivity contribution is 0.674. The molecule has 2 heterocycles. The Morgan fingerprint density at radius 1 is 0.339 bits per heavy atom. The summed E-state index contributed by atoms with van der Waals surface area (Å²) in [6.45, 7) is 0. The highest BCUT2D eigenvalue weighted by Crippen LogP contribution is 2.47. The lowest BCUT2D eigenvalue weighted by atomic mass is 9.98. The second kappa shape index (κ2) is 14.6. The van der Waals surface area contributed by atoms with E-state index in [0.29, 0.717) is 0 Å². The predicted molar refractivity (Wildman–Crippen MR) is 247 cm³/mol. The second-order valence-electron chi connectivity index (χ2n) is 14.9. The normalized spacial score (nSPS) is 11.4. The zero-order valence-electron chi connectivity index (χ0n) is 32.2. The summed E-state index contributed by atoms with van der Waals surface area (Å²) < 4.78 is 9.38. The Morgan fingerprint density at radius 2 is 0.847 bits per heavy atom. The zero-order valence-corrected chi connectivity index (χ0v) is 32.2. The van der Waals surface area contributed by atoms with Gasteiger partial charge in [-0.05, 0) is 94.0 Å². The Bertz CT molecular complexity index is 3240. The molecular formula is C56H38N2O. The van der Waals surface area contributed by atoms with Gasteiger partial charge in [0.25, 0.3) is 0 Å². The van der Waals surface area contributed by atoms with Crippen LogP contribution in [0.5, 0.6) is 0 Å². The molecule has 9 aromatic carbocycles. The van der Waals surface area contributed by atoms with Crippen molar-refractivity contribution in [2.45, 2.75) is 0 Å². The molecule has 2 aromatic heterocycles. The summed E-state index contributed by atoms with van der Waals surface area (Å²) in [6.07, 6.45) is 0. The fraction of sp³-hybridized carbons (Fsp3) is 0. The number of furan rings is 1. The van der Waals surface area contributed by atoms with Crippen LogP contribution in [0.3, 0.4) is 0 Å². The van der Waals surface area contributed by atoms with Gasteiger partial charge >= 0.3 is 0 Å². The molecule has 0 radical (unpaired) electrons. The maximum Gasteiger partial charge on any atom is 0.161 e. The average Bonchev–Trinajstić information content (AvgIpc) is 3.86. The molecule has 0 aliphatic rings. The number of fused-ring (bicyclic) bond motifs is 5. The predicted octanol–water partition coefficient (Wildman–Crippen LogP) is 15.7. The highest BCUT2D eigenvalue weighted by molar-refractivity contribution is 6.19. The Hall–Kier alpha value is -7.88. The first-order valence-corrected chi connectivity index (χ1v) is 20.1. The number of hydrogen-bond donors (Lipinski definition) is 0. The minimum atomic E-state index is 0.868. The molecule has 0 bridgehead atoms. The molecule has 0 atom stereocenters. The van der Waals surface area contributed by atoms with E-state index in [-0.39, 0.29) is 0 Å². The average molecular weight is 755 g/mol. The second-order valence-corrected chi connectivity index (χ2v) is 14.9. The molecule has 0 saturated carbocycles. The number of nitrogens with zero attached hydrogens (tertiary/aromatic N) is 2. The van der Waals surface area contributed by atoms with Crippen LogP contribution in [0.1, 0.15) is 0 Å². The molecule has 0 N–H and O–H groups in total. The van der Waals surface area contributed by atoms with E-state index in [1.807, 2.05) is 0 Å². The van der Waals surface area contributed by atoms with Crippen molar-refractivity contribution in [3.05, 3.63) is 231 Å². The fourth-order valence-corrected chi connectivity index (χ4v) is 8.62. The molecular weight excluding hydrogens is 717 g/mol. The minimum absolute atomic E-state index is 0.868. The van der Waals surface area contributed by atoms with Crippen LogP contribution in [0.2, 0.25) is 0 Å². The van der Waals surface area contributed by atoms with Crippen LogP contribution in [-0.4, -0.2) is 4.57 Å². The molecule has 0 saturated heterocycles. The van der Waals surface area contributed by atoms with Crippen molar-refractivity contribution in [3.63, 3.8) is 0 Å². The molecule has 278 valence electrons. The minimum Gasteiger partial charge on any atom is -0.453 e. The van der Waals surface area contributed by atoms with Gasteiger partial charge in [-0.1, -0.05) is 170 Å². The molecule has 3 nitrogen and oxygen atoms in total. The summed E-state index contributed by atoms with van der Waals surface area (Å²) in [5, 5.41) is 2.17. The number of aromatic nitrogens is 1. The van der Waals surface area contributed by atoms with E-state index in [9.17, 15) is 0 Å². The van der Waals surface area contributed by atoms with Gasteiger partial charge in [0.1, 0.15) is 11.1 Å². The van der Waals surface area contributed by atoms with Crippen LogP contribution >= 0.6 is 0 Å². The molecule has 0 aliphatic heterocycles. The van der Waals surface area contributed by atoms with E-state index < -0.39 is 0 Å². The van der Waals surface area contributed by atoms with Crippen molar-refractivity contribution in [3.8, 4) is 50.2 Å². The van der Waals surface area contributed by atoms with E-state index in [0.717, 1.165) is 78.0 Å². The number of para-hydroxylation sites is 4. The van der Waals surface area contributed by atoms with Crippen LogP contribution < -0.4 is 4.90 Å². The first-order chi connectivity index (χ1) is 29.3. The fourth-order valence-electron chi connectivity index (χ4n) is 8.62. The zero-order chi connectivity index (χ0) is 39.1. The number of hydrogen-bond acceptors (Lipinski definition) is 2. The molecule has 0 fully saturated rings. The first kappa shape index (κ1) is 34.4. The van der Waals surface area contributed by atoms with E-state index >= 15 is 0 Å². The molecule has 11 rings (SSSR count). The summed E-state index contributed by atoms with van der Waals surface area (Å²) in [7, 11) is 0. The van der Waals surface area contributed by atoms with Gasteiger partial charge in [0.05, 0.1) is 11.2 Å². The Morgan fingerprint density at radius 3 is 1.56 bits per heavy atom. The first-order valence-electron chi connectivity index (χ1n) is 20.1. The van der Waals surface area contributed by atoms with Crippen LogP contribution in [0.25, 0.3) is 83.2 Å². The van der Waals surface area contributed by atoms with Crippen molar-refractivity contribution in [2.24, 2.45) is 0 Å². The molecule has 0 aliphatic carbocycles. The van der Waals surface area contributed by atoms with Crippen LogP contribution in [-0.2, 0) is 0 Å². The van der Waals surface area contributed by atoms with Crippen molar-refractivity contribution in [1.82, 2.24) is 4.57 Å². The molecule has 3 heteroatoms. The van der Waals surface area contributed by atoms with Gasteiger partial charge < -0.3 is 13.9 Å². The summed E-state index contributed by atoms with van der Waals surface area (Å²) in [4.78, 5) is 2.38. The summed E-state index contributed by atoms with van der Waals surface area (Å²) in [5.41, 5.74) is 17.5. The van der Waals surface area contributed by atoms with Gasteiger partial charge in [-0.2, -0.15) is 0 Å². The molecule has 59 heavy (non-hydrogen) atoms. The maximum absolute atomic E-state index is 7.04. The Labute approximate surface area is 343 Å². The smallest absolute Gasteiger partial charge is 0.161 e. The van der Waals surface area contributed by atoms with Gasteiger partial charge in [-0.3, -0.25) is 0 Å². The Kier molecular flexibility index (Phi) is 8.49. The van der Waals surface area contributed by atoms with E-state index in [4.69, 9.17) is 4.42 Å². The van der Waals surface area contributed by atoms with Crippen molar-refractivity contribution in [1.29, 1.82) is 0 Å². The highest BCUT2D eigenvalue weighted by Gasteiger charge is 2.24. The summed E-state index contributed by atoms with van der Waals surface area (Å²) >= 11 is 0. The Balaban J connectivity index is 1.09. The maximum atomic E-state index is 7.04. The third-order valence-corrected chi connectivity index (χ3v) is 11.4. The van der Waals surface area contributed by atoms with Gasteiger partial charge in [0, 0.05) is 39.0 Å². The SMILES string of the molecule is c1ccc(-c2ccc(-c3cccc(N(c4ccc(-c5ccccc5)cc4)c4ccccc4-c4cccc5c4oc4c6ccccc6n(-c6ccccc6)c54)c3)cc2)cc1. The number of benzene rings is 9. The van der Waals surface area contributed by atoms with Crippen molar-refractivity contribution < 1.29 is 4.42 Å². The quantitative estimate of drug-likeness (QED) is 0.154. The third-order valence-electron chi connectivity index (χ3n) is 11.4. The topological polar surface area (TPSA) is 21.3 Å². The number of rotatable bonds is 8. The van der Waals surface area contributed by atoms with E-state index in [1.54, 1.807) is 0 Å². The standard InChI is InChI=1S/C56H38N2O/c1-4-16-39(17-5-1)41-30-32-43(33-31-41)44-20-14-23-47(38-44)57(46-36-34-42(35-37-46)40-18-6-2-7-19-40)52-28-12-10-24-48(52)49-26-15-27-51-54-56(59-55(49)51)50-25-11-13-29-53(50)58(54)45-21-8-3-9-22-45/h1-38H. The van der Waals surface area contributed by atoms with Crippen LogP contribution in [0.4, 0.5) is 17.1 Å². The number of anilines is 3. The molecule has 0 amide bonds. The summed E-state index contributed by atoms with van der Waals surface area (Å²) in [6, 6.07) is 82.1. The monoisotopic (exact) mass is 754 g/mol. The van der Waals surface area contributed by atoms with E-state index in [1.165, 1.54) is 22.3 Å². The van der Waals surface area contributed by atoms with Crippen molar-refractivity contribution in [2.75, 3.05) is 4.90 Å². The highest BCUT2D eigenvalue weighted by atomic mass is 16.3. The van der Waals surface area contributed by atoms with Crippen molar-refractivity contribution >= 4 is 50.0 Å². The van der Waals surface area contributed by atoms with Gasteiger partial charge in [0.15, 0.2) is 5.58 Å². The third kappa shape index (κ3) is 6.08. The lowest BCUT2D eigenvalue weighted by Gasteiger charge is -2.28. The lowest BCUT2D eigenvalue weighted by Crippen LogP contribution is -2.11. The van der Waals surface area contributed by atoms with Gasteiger partial charge in [-0.25, -0.2) is 0 Å². The summed E-state index contributed by atoms with van der Waals surface area (Å²) in [5.74, 6) is 0. The van der Waals surface area contributed by atoms with Gasteiger partial charge in [-0.15, -0.1) is 0 Å². The van der Waals surface area contributed by atoms with E-state index in [2.05, 4.69) is 240 Å². The van der Waals surface area contributed by atoms with Crippen LogP contribution in [0, 0.1) is 0 Å².